The molecule has 26 heavy (non-hydrogen) atoms. The lowest BCUT2D eigenvalue weighted by Crippen LogP contribution is -2.35. The molecule has 2 aliphatic heterocycles. The monoisotopic (exact) mass is 358 g/mol. The topological polar surface area (TPSA) is 100 Å². The average molecular weight is 358 g/mol. The molecular weight excluding hydrogens is 336 g/mol. The number of hydrazone groups is 1. The summed E-state index contributed by atoms with van der Waals surface area (Å²) in [5.41, 5.74) is 1.05. The Morgan fingerprint density at radius 2 is 2.08 bits per heavy atom. The SMILES string of the molecule is CN1N=C(C(=O)Nc2ccccc2C(=O)NCC2CCCO2)CCC1=O. The van der Waals surface area contributed by atoms with Crippen molar-refractivity contribution in [2.45, 2.75) is 31.8 Å². The van der Waals surface area contributed by atoms with Gasteiger partial charge in [0.15, 0.2) is 0 Å². The van der Waals surface area contributed by atoms with Crippen molar-refractivity contribution in [2.75, 3.05) is 25.5 Å². The van der Waals surface area contributed by atoms with Gasteiger partial charge in [0.2, 0.25) is 5.91 Å². The van der Waals surface area contributed by atoms with Crippen LogP contribution in [-0.4, -0.2) is 54.7 Å². The molecule has 0 saturated carbocycles. The zero-order valence-corrected chi connectivity index (χ0v) is 14.7. The molecule has 2 aliphatic rings. The molecule has 0 bridgehead atoms. The number of carbonyl (C=O) groups is 3. The van der Waals surface area contributed by atoms with Crippen LogP contribution < -0.4 is 10.6 Å². The average Bonchev–Trinajstić information content (AvgIpc) is 3.16. The van der Waals surface area contributed by atoms with Crippen molar-refractivity contribution in [1.29, 1.82) is 0 Å². The standard InChI is InChI=1S/C18H22N4O4/c1-22-16(23)9-8-15(21-22)18(25)20-14-7-3-2-6-13(14)17(24)19-11-12-5-4-10-26-12/h2-3,6-7,12H,4-5,8-11H2,1H3,(H,19,24)(H,20,25). The molecule has 1 fully saturated rings. The summed E-state index contributed by atoms with van der Waals surface area (Å²) < 4.78 is 5.50. The number of para-hydroxylation sites is 1. The lowest BCUT2D eigenvalue weighted by Gasteiger charge is -2.19. The Kier molecular flexibility index (Phi) is 5.62. The van der Waals surface area contributed by atoms with E-state index in [9.17, 15) is 14.4 Å². The summed E-state index contributed by atoms with van der Waals surface area (Å²) in [6.45, 7) is 1.17. The van der Waals surface area contributed by atoms with Crippen molar-refractivity contribution in [2.24, 2.45) is 5.10 Å². The molecule has 1 aromatic rings. The van der Waals surface area contributed by atoms with Gasteiger partial charge in [-0.25, -0.2) is 5.01 Å². The fourth-order valence-corrected chi connectivity index (χ4v) is 2.92. The maximum atomic E-state index is 12.5. The van der Waals surface area contributed by atoms with Crippen LogP contribution in [0, 0.1) is 0 Å². The van der Waals surface area contributed by atoms with E-state index in [2.05, 4.69) is 15.7 Å². The molecule has 1 unspecified atom stereocenters. The minimum Gasteiger partial charge on any atom is -0.376 e. The van der Waals surface area contributed by atoms with Gasteiger partial charge in [-0.2, -0.15) is 5.10 Å². The quantitative estimate of drug-likeness (QED) is 0.824. The van der Waals surface area contributed by atoms with Gasteiger partial charge in [-0.05, 0) is 25.0 Å². The van der Waals surface area contributed by atoms with Crippen LogP contribution >= 0.6 is 0 Å². The molecule has 138 valence electrons. The van der Waals surface area contributed by atoms with Gasteiger partial charge in [-0.15, -0.1) is 0 Å². The molecular formula is C18H22N4O4. The van der Waals surface area contributed by atoms with Crippen molar-refractivity contribution < 1.29 is 19.1 Å². The highest BCUT2D eigenvalue weighted by Gasteiger charge is 2.23. The Bertz CT molecular complexity index is 740. The number of rotatable bonds is 5. The maximum absolute atomic E-state index is 12.5. The number of benzene rings is 1. The van der Waals surface area contributed by atoms with Gasteiger partial charge in [0.1, 0.15) is 5.71 Å². The van der Waals surface area contributed by atoms with E-state index < -0.39 is 5.91 Å². The number of nitrogens with one attached hydrogen (secondary N) is 2. The number of anilines is 1. The number of amides is 3. The van der Waals surface area contributed by atoms with Crippen molar-refractivity contribution >= 4 is 29.1 Å². The van der Waals surface area contributed by atoms with Crippen molar-refractivity contribution in [3.63, 3.8) is 0 Å². The van der Waals surface area contributed by atoms with Gasteiger partial charge in [0, 0.05) is 33.0 Å². The summed E-state index contributed by atoms with van der Waals surface area (Å²) in [5.74, 6) is -0.812. The Morgan fingerprint density at radius 3 is 2.81 bits per heavy atom. The first-order valence-corrected chi connectivity index (χ1v) is 8.69. The van der Waals surface area contributed by atoms with Gasteiger partial charge in [0.25, 0.3) is 11.8 Å². The minimum absolute atomic E-state index is 0.0466. The highest BCUT2D eigenvalue weighted by atomic mass is 16.5. The highest BCUT2D eigenvalue weighted by molar-refractivity contribution is 6.43. The number of hydrogen-bond donors (Lipinski definition) is 2. The summed E-state index contributed by atoms with van der Waals surface area (Å²) in [5, 5.41) is 10.7. The van der Waals surface area contributed by atoms with Gasteiger partial charge >= 0.3 is 0 Å². The predicted octanol–water partition coefficient (Wildman–Crippen LogP) is 1.14. The Hall–Kier alpha value is -2.74. The van der Waals surface area contributed by atoms with E-state index in [0.717, 1.165) is 19.4 Å². The first-order chi connectivity index (χ1) is 12.5. The number of ether oxygens (including phenoxy) is 1. The summed E-state index contributed by atoms with van der Waals surface area (Å²) in [7, 11) is 1.52. The van der Waals surface area contributed by atoms with Gasteiger partial charge in [-0.1, -0.05) is 12.1 Å². The molecule has 3 rings (SSSR count). The van der Waals surface area contributed by atoms with Crippen molar-refractivity contribution in [3.8, 4) is 0 Å². The normalized spacial score (nSPS) is 19.9. The van der Waals surface area contributed by atoms with E-state index in [0.29, 0.717) is 17.8 Å². The lowest BCUT2D eigenvalue weighted by molar-refractivity contribution is -0.130. The van der Waals surface area contributed by atoms with Gasteiger partial charge in [0.05, 0.1) is 17.4 Å². The summed E-state index contributed by atoms with van der Waals surface area (Å²) in [6.07, 6.45) is 2.51. The Morgan fingerprint density at radius 1 is 1.27 bits per heavy atom. The van der Waals surface area contributed by atoms with Crippen LogP contribution in [0.15, 0.2) is 29.4 Å². The highest BCUT2D eigenvalue weighted by Crippen LogP contribution is 2.17. The summed E-state index contributed by atoms with van der Waals surface area (Å²) >= 11 is 0. The molecule has 0 aliphatic carbocycles. The fourth-order valence-electron chi connectivity index (χ4n) is 2.92. The second-order valence-corrected chi connectivity index (χ2v) is 6.31. The second-order valence-electron chi connectivity index (χ2n) is 6.31. The van der Waals surface area contributed by atoms with Crippen LogP contribution in [0.25, 0.3) is 0 Å². The molecule has 8 heteroatoms. The molecule has 2 N–H and O–H groups in total. The van der Waals surface area contributed by atoms with Gasteiger partial charge < -0.3 is 15.4 Å². The van der Waals surface area contributed by atoms with E-state index in [4.69, 9.17) is 4.74 Å². The zero-order chi connectivity index (χ0) is 18.5. The van der Waals surface area contributed by atoms with E-state index in [1.807, 2.05) is 0 Å². The van der Waals surface area contributed by atoms with Crippen LogP contribution in [-0.2, 0) is 14.3 Å². The molecule has 0 aromatic heterocycles. The Balaban J connectivity index is 1.66. The first kappa shape index (κ1) is 18.1. The second kappa shape index (κ2) is 8.09. The summed E-state index contributed by atoms with van der Waals surface area (Å²) in [6, 6.07) is 6.79. The minimum atomic E-state index is -0.413. The van der Waals surface area contributed by atoms with Crippen LogP contribution in [0.5, 0.6) is 0 Å². The molecule has 8 nitrogen and oxygen atoms in total. The number of nitrogens with zero attached hydrogens (tertiary/aromatic N) is 2. The molecule has 3 amide bonds. The van der Waals surface area contributed by atoms with E-state index in [1.54, 1.807) is 24.3 Å². The van der Waals surface area contributed by atoms with E-state index in [-0.39, 0.29) is 36.5 Å². The molecule has 0 spiro atoms. The number of hydrogen-bond acceptors (Lipinski definition) is 5. The van der Waals surface area contributed by atoms with Crippen molar-refractivity contribution in [3.05, 3.63) is 29.8 Å². The lowest BCUT2D eigenvalue weighted by atomic mass is 10.1. The molecule has 1 saturated heterocycles. The zero-order valence-electron chi connectivity index (χ0n) is 14.7. The third-order valence-corrected chi connectivity index (χ3v) is 4.40. The maximum Gasteiger partial charge on any atom is 0.271 e. The largest absolute Gasteiger partial charge is 0.376 e. The fraction of sp³-hybridized carbons (Fsp3) is 0.444. The number of carbonyl (C=O) groups excluding carboxylic acids is 3. The van der Waals surface area contributed by atoms with Crippen LogP contribution in [0.3, 0.4) is 0 Å². The Labute approximate surface area is 151 Å². The molecule has 0 radical (unpaired) electrons. The molecule has 1 aromatic carbocycles. The molecule has 1 atom stereocenters. The summed E-state index contributed by atoms with van der Waals surface area (Å²) in [4.78, 5) is 36.4. The smallest absolute Gasteiger partial charge is 0.271 e. The van der Waals surface area contributed by atoms with Crippen LogP contribution in [0.2, 0.25) is 0 Å². The molecule has 2 heterocycles. The van der Waals surface area contributed by atoms with E-state index in [1.165, 1.54) is 12.1 Å². The first-order valence-electron chi connectivity index (χ1n) is 8.69. The predicted molar refractivity (Wildman–Crippen MR) is 95.8 cm³/mol. The third kappa shape index (κ3) is 4.26. The van der Waals surface area contributed by atoms with Gasteiger partial charge in [-0.3, -0.25) is 14.4 Å². The third-order valence-electron chi connectivity index (χ3n) is 4.40. The van der Waals surface area contributed by atoms with Crippen molar-refractivity contribution in [1.82, 2.24) is 10.3 Å². The van der Waals surface area contributed by atoms with E-state index >= 15 is 0 Å². The van der Waals surface area contributed by atoms with Crippen LogP contribution in [0.1, 0.15) is 36.0 Å². The van der Waals surface area contributed by atoms with Crippen LogP contribution in [0.4, 0.5) is 5.69 Å².